The van der Waals surface area contributed by atoms with E-state index in [2.05, 4.69) is 0 Å². The largest absolute Gasteiger partial charge is 1.00 e. The molecule has 3 nitrogen and oxygen atoms in total. The van der Waals surface area contributed by atoms with E-state index >= 15 is 0 Å². The summed E-state index contributed by atoms with van der Waals surface area (Å²) in [7, 11) is 1.57. The van der Waals surface area contributed by atoms with E-state index in [1.807, 2.05) is 0 Å². The number of methoxy groups -OCH3 is 1. The summed E-state index contributed by atoms with van der Waals surface area (Å²) in [5.74, 6) is 0.959. The van der Waals surface area contributed by atoms with Gasteiger partial charge in [-0.15, -0.1) is 0 Å². The Bertz CT molecular complexity index is 304. The van der Waals surface area contributed by atoms with E-state index in [4.69, 9.17) is 9.47 Å². The predicted molar refractivity (Wildman–Crippen MR) is 50.0 cm³/mol. The average molecular weight is 204 g/mol. The van der Waals surface area contributed by atoms with Crippen LogP contribution >= 0.6 is 0 Å². The number of ether oxygens (including phenoxy) is 2. The number of carbonyl (C=O) groups is 1. The van der Waals surface area contributed by atoms with Crippen molar-refractivity contribution in [2.24, 2.45) is 0 Å². The van der Waals surface area contributed by atoms with Crippen molar-refractivity contribution >= 4 is 5.97 Å². The average Bonchev–Trinajstić information content (AvgIpc) is 2.18. The summed E-state index contributed by atoms with van der Waals surface area (Å²) in [6.45, 7) is 1.75. The van der Waals surface area contributed by atoms with E-state index in [-0.39, 0.29) is 37.0 Å². The molecule has 1 aromatic rings. The van der Waals surface area contributed by atoms with E-state index in [0.29, 0.717) is 17.9 Å². The summed E-state index contributed by atoms with van der Waals surface area (Å²) >= 11 is 0. The van der Waals surface area contributed by atoms with Crippen molar-refractivity contribution in [2.75, 3.05) is 7.11 Å². The van der Waals surface area contributed by atoms with Crippen molar-refractivity contribution in [1.29, 1.82) is 0 Å². The fourth-order valence-corrected chi connectivity index (χ4v) is 0.868. The van der Waals surface area contributed by atoms with Gasteiger partial charge in [0.1, 0.15) is 11.5 Å². The molecule has 4 heteroatoms. The van der Waals surface area contributed by atoms with Crippen LogP contribution in [0.4, 0.5) is 0 Å². The van der Waals surface area contributed by atoms with E-state index in [1.165, 1.54) is 0 Å². The Kier molecular flexibility index (Phi) is 6.62. The quantitative estimate of drug-likeness (QED) is 0.364. The van der Waals surface area contributed by atoms with Crippen LogP contribution in [0, 0.1) is 0 Å². The van der Waals surface area contributed by atoms with Crippen LogP contribution < -0.4 is 39.0 Å². The third kappa shape index (κ3) is 4.13. The second kappa shape index (κ2) is 6.87. The zero-order valence-corrected chi connectivity index (χ0v) is 10.7. The summed E-state index contributed by atoms with van der Waals surface area (Å²) < 4.78 is 9.97. The molecular formula is C10H13NaO3. The van der Waals surface area contributed by atoms with Crippen LogP contribution in [0.3, 0.4) is 0 Å². The van der Waals surface area contributed by atoms with Crippen molar-refractivity contribution in [3.8, 4) is 11.5 Å². The fourth-order valence-electron chi connectivity index (χ4n) is 0.868. The third-order valence-electron chi connectivity index (χ3n) is 1.56. The molecular weight excluding hydrogens is 191 g/mol. The Morgan fingerprint density at radius 1 is 1.43 bits per heavy atom. The van der Waals surface area contributed by atoms with Gasteiger partial charge in [0.25, 0.3) is 0 Å². The van der Waals surface area contributed by atoms with Gasteiger partial charge in [-0.2, -0.15) is 0 Å². The van der Waals surface area contributed by atoms with Crippen molar-refractivity contribution < 1.29 is 45.3 Å². The van der Waals surface area contributed by atoms with Gasteiger partial charge in [-0.1, -0.05) is 13.0 Å². The van der Waals surface area contributed by atoms with Crippen molar-refractivity contribution in [2.45, 2.75) is 13.3 Å². The minimum atomic E-state index is -0.242. The second-order valence-electron chi connectivity index (χ2n) is 2.51. The van der Waals surface area contributed by atoms with Crippen LogP contribution in [-0.2, 0) is 4.79 Å². The molecule has 0 spiro atoms. The van der Waals surface area contributed by atoms with Gasteiger partial charge < -0.3 is 10.9 Å². The van der Waals surface area contributed by atoms with Crippen LogP contribution in [-0.4, -0.2) is 13.1 Å². The maximum atomic E-state index is 10.9. The molecule has 0 bridgehead atoms. The molecule has 0 N–H and O–H groups in total. The van der Waals surface area contributed by atoms with Crippen molar-refractivity contribution in [1.82, 2.24) is 0 Å². The van der Waals surface area contributed by atoms with Gasteiger partial charge in [0.05, 0.1) is 7.11 Å². The van der Waals surface area contributed by atoms with E-state index < -0.39 is 0 Å². The zero-order valence-electron chi connectivity index (χ0n) is 9.74. The van der Waals surface area contributed by atoms with Crippen LogP contribution in [0.2, 0.25) is 0 Å². The third-order valence-corrected chi connectivity index (χ3v) is 1.56. The number of benzene rings is 1. The molecule has 72 valence electrons. The van der Waals surface area contributed by atoms with Crippen LogP contribution in [0.5, 0.6) is 11.5 Å². The molecule has 0 unspecified atom stereocenters. The maximum absolute atomic E-state index is 10.9. The summed E-state index contributed by atoms with van der Waals surface area (Å²) in [6, 6.07) is 6.96. The molecule has 0 aliphatic heterocycles. The van der Waals surface area contributed by atoms with Gasteiger partial charge in [0.2, 0.25) is 0 Å². The molecule has 0 heterocycles. The molecule has 0 saturated heterocycles. The Morgan fingerprint density at radius 3 is 2.64 bits per heavy atom. The number of hydrogen-bond donors (Lipinski definition) is 0. The number of hydrogen-bond acceptors (Lipinski definition) is 3. The molecule has 1 rings (SSSR count). The monoisotopic (exact) mass is 204 g/mol. The summed E-state index contributed by atoms with van der Waals surface area (Å²) in [4.78, 5) is 10.9. The van der Waals surface area contributed by atoms with Crippen LogP contribution in [0.25, 0.3) is 0 Å². The predicted octanol–water partition coefficient (Wildman–Crippen LogP) is -0.873. The summed E-state index contributed by atoms with van der Waals surface area (Å²) in [6.07, 6.45) is 0.372. The van der Waals surface area contributed by atoms with Crippen LogP contribution in [0.15, 0.2) is 24.3 Å². The first-order valence-corrected chi connectivity index (χ1v) is 4.11. The summed E-state index contributed by atoms with van der Waals surface area (Å²) in [5, 5.41) is 0. The Hall–Kier alpha value is -0.510. The molecule has 0 aliphatic rings. The first-order valence-electron chi connectivity index (χ1n) is 4.11. The Labute approximate surface area is 107 Å². The van der Waals surface area contributed by atoms with Gasteiger partial charge in [-0.25, -0.2) is 0 Å². The van der Waals surface area contributed by atoms with Gasteiger partial charge in [-0.3, -0.25) is 4.79 Å². The minimum Gasteiger partial charge on any atom is -1.00 e. The molecule has 1 aromatic carbocycles. The molecule has 14 heavy (non-hydrogen) atoms. The van der Waals surface area contributed by atoms with Gasteiger partial charge in [0.15, 0.2) is 0 Å². The van der Waals surface area contributed by atoms with Gasteiger partial charge in [-0.05, 0) is 12.1 Å². The molecule has 0 aromatic heterocycles. The van der Waals surface area contributed by atoms with Gasteiger partial charge in [0, 0.05) is 12.5 Å². The maximum Gasteiger partial charge on any atom is 1.00 e. The topological polar surface area (TPSA) is 35.5 Å². The second-order valence-corrected chi connectivity index (χ2v) is 2.51. The number of esters is 1. The van der Waals surface area contributed by atoms with Crippen molar-refractivity contribution in [3.63, 3.8) is 0 Å². The van der Waals surface area contributed by atoms with Gasteiger partial charge >= 0.3 is 35.5 Å². The SMILES string of the molecule is CCC(=O)Oc1cccc(OC)c1.[H-].[Na+]. The molecule has 0 amide bonds. The molecule has 0 radical (unpaired) electrons. The Morgan fingerprint density at radius 2 is 2.07 bits per heavy atom. The summed E-state index contributed by atoms with van der Waals surface area (Å²) in [5.41, 5.74) is 0. The number of carbonyl (C=O) groups excluding carboxylic acids is 1. The standard InChI is InChI=1S/C10H12O3.Na.H/c1-3-10(11)13-9-6-4-5-8(7-9)12-2;;/h4-7H,3H2,1-2H3;;/q;+1;-1. The smallest absolute Gasteiger partial charge is 1.00 e. The van der Waals surface area contributed by atoms with Crippen molar-refractivity contribution in [3.05, 3.63) is 24.3 Å². The first-order chi connectivity index (χ1) is 6.26. The Balaban J connectivity index is 0. The minimum absolute atomic E-state index is 0. The molecule has 0 fully saturated rings. The van der Waals surface area contributed by atoms with Crippen LogP contribution in [0.1, 0.15) is 14.8 Å². The molecule has 0 atom stereocenters. The first kappa shape index (κ1) is 13.5. The van der Waals surface area contributed by atoms with E-state index in [9.17, 15) is 4.79 Å². The zero-order chi connectivity index (χ0) is 9.68. The fraction of sp³-hybridized carbons (Fsp3) is 0.300. The van der Waals surface area contributed by atoms with E-state index in [1.54, 1.807) is 38.3 Å². The van der Waals surface area contributed by atoms with E-state index in [0.717, 1.165) is 0 Å². The normalized spacial score (nSPS) is 8.71. The molecule has 0 aliphatic carbocycles. The molecule has 0 saturated carbocycles. The number of rotatable bonds is 3.